The zero-order valence-electron chi connectivity index (χ0n) is 8.15. The molecule has 0 amide bonds. The lowest BCUT2D eigenvalue weighted by atomic mass is 9.91. The Kier molecular flexibility index (Phi) is 2.68. The molecule has 1 aromatic heterocycles. The molecule has 75 valence electrons. The molecule has 2 N–H and O–H groups in total. The van der Waals surface area contributed by atoms with Crippen LogP contribution in [0.5, 0.6) is 0 Å². The Morgan fingerprint density at radius 1 is 1.50 bits per heavy atom. The summed E-state index contributed by atoms with van der Waals surface area (Å²) in [5.41, 5.74) is 5.92. The van der Waals surface area contributed by atoms with E-state index in [1.165, 1.54) is 6.07 Å². The number of pyridine rings is 1. The van der Waals surface area contributed by atoms with Crippen molar-refractivity contribution in [3.8, 4) is 0 Å². The Bertz CT molecular complexity index is 358. The smallest absolute Gasteiger partial charge is 0.251 e. The monoisotopic (exact) mass is 191 g/mol. The number of nitrogens with zero attached hydrogens (tertiary/aromatic N) is 1. The molecule has 1 aromatic rings. The molecule has 2 atom stereocenters. The molecule has 1 aliphatic rings. The van der Waals surface area contributed by atoms with Crippen LogP contribution in [0, 0.1) is 6.07 Å². The molecule has 3 nitrogen and oxygen atoms in total. The average molecular weight is 191 g/mol. The maximum atomic E-state index is 11.5. The fourth-order valence-corrected chi connectivity index (χ4v) is 2.15. The van der Waals surface area contributed by atoms with Gasteiger partial charge in [0.1, 0.15) is 0 Å². The summed E-state index contributed by atoms with van der Waals surface area (Å²) in [5, 5.41) is 0. The molecule has 0 spiro atoms. The second-order valence-corrected chi connectivity index (χ2v) is 3.95. The molecular formula is C11H15N2O. The minimum Gasteiger partial charge on any atom is -0.328 e. The van der Waals surface area contributed by atoms with E-state index in [1.807, 2.05) is 6.20 Å². The predicted octanol–water partition coefficient (Wildman–Crippen LogP) is 1.09. The lowest BCUT2D eigenvalue weighted by molar-refractivity contribution is 0.314. The van der Waals surface area contributed by atoms with E-state index in [-0.39, 0.29) is 11.6 Å². The van der Waals surface area contributed by atoms with Gasteiger partial charge in [-0.25, -0.2) is 0 Å². The third kappa shape index (κ3) is 1.87. The second-order valence-electron chi connectivity index (χ2n) is 3.95. The van der Waals surface area contributed by atoms with Gasteiger partial charge < -0.3 is 10.3 Å². The molecule has 0 saturated heterocycles. The topological polar surface area (TPSA) is 48.0 Å². The van der Waals surface area contributed by atoms with Crippen molar-refractivity contribution in [1.82, 2.24) is 4.57 Å². The lowest BCUT2D eigenvalue weighted by Gasteiger charge is -2.27. The highest BCUT2D eigenvalue weighted by Crippen LogP contribution is 2.25. The van der Waals surface area contributed by atoms with E-state index >= 15 is 0 Å². The fraction of sp³-hybridized carbons (Fsp3) is 0.545. The molecule has 2 rings (SSSR count). The van der Waals surface area contributed by atoms with Gasteiger partial charge in [0.2, 0.25) is 0 Å². The Hall–Kier alpha value is -1.09. The van der Waals surface area contributed by atoms with Crippen molar-refractivity contribution in [3.05, 3.63) is 34.7 Å². The van der Waals surface area contributed by atoms with Gasteiger partial charge in [-0.1, -0.05) is 0 Å². The van der Waals surface area contributed by atoms with Crippen LogP contribution in [-0.2, 0) is 0 Å². The number of hydrogen-bond donors (Lipinski definition) is 1. The molecule has 2 unspecified atom stereocenters. The lowest BCUT2D eigenvalue weighted by Crippen LogP contribution is -2.33. The van der Waals surface area contributed by atoms with Crippen molar-refractivity contribution in [2.45, 2.75) is 37.8 Å². The van der Waals surface area contributed by atoms with Crippen molar-refractivity contribution in [2.75, 3.05) is 0 Å². The summed E-state index contributed by atoms with van der Waals surface area (Å²) in [6, 6.07) is 6.60. The molecule has 1 radical (unpaired) electrons. The van der Waals surface area contributed by atoms with Crippen molar-refractivity contribution in [1.29, 1.82) is 0 Å². The molecule has 1 fully saturated rings. The van der Waals surface area contributed by atoms with E-state index in [2.05, 4.69) is 6.07 Å². The van der Waals surface area contributed by atoms with Gasteiger partial charge >= 0.3 is 0 Å². The minimum absolute atomic E-state index is 0.0339. The van der Waals surface area contributed by atoms with Crippen molar-refractivity contribution >= 4 is 0 Å². The van der Waals surface area contributed by atoms with Gasteiger partial charge in [0.25, 0.3) is 5.56 Å². The molecule has 0 aromatic carbocycles. The molecule has 1 heterocycles. The largest absolute Gasteiger partial charge is 0.328 e. The van der Waals surface area contributed by atoms with E-state index in [1.54, 1.807) is 10.6 Å². The molecule has 3 heteroatoms. The SMILES string of the molecule is NC1CCCC(n2cc[c]cc2=O)C1. The average Bonchev–Trinajstić information content (AvgIpc) is 2.18. The highest BCUT2D eigenvalue weighted by molar-refractivity contribution is 4.94. The zero-order chi connectivity index (χ0) is 9.97. The van der Waals surface area contributed by atoms with Gasteiger partial charge in [-0.2, -0.15) is 0 Å². The van der Waals surface area contributed by atoms with E-state index in [0.717, 1.165) is 25.7 Å². The van der Waals surface area contributed by atoms with Crippen LogP contribution in [0.15, 0.2) is 23.1 Å². The Morgan fingerprint density at radius 2 is 2.36 bits per heavy atom. The fourth-order valence-electron chi connectivity index (χ4n) is 2.15. The summed E-state index contributed by atoms with van der Waals surface area (Å²) in [4.78, 5) is 11.5. The first-order valence-electron chi connectivity index (χ1n) is 5.11. The summed E-state index contributed by atoms with van der Waals surface area (Å²) in [7, 11) is 0. The number of nitrogens with two attached hydrogens (primary N) is 1. The van der Waals surface area contributed by atoms with Gasteiger partial charge in [-0.15, -0.1) is 0 Å². The van der Waals surface area contributed by atoms with Crippen molar-refractivity contribution < 1.29 is 0 Å². The van der Waals surface area contributed by atoms with Crippen LogP contribution in [0.1, 0.15) is 31.7 Å². The van der Waals surface area contributed by atoms with Gasteiger partial charge in [0.15, 0.2) is 0 Å². The van der Waals surface area contributed by atoms with E-state index in [4.69, 9.17) is 5.73 Å². The van der Waals surface area contributed by atoms with Crippen molar-refractivity contribution in [3.63, 3.8) is 0 Å². The van der Waals surface area contributed by atoms with Crippen LogP contribution in [0.3, 0.4) is 0 Å². The standard InChI is InChI=1S/C11H15N2O/c12-9-4-3-5-10(8-9)13-7-2-1-6-11(13)14/h2,6-7,9-10H,3-5,8,12H2. The Balaban J connectivity index is 2.22. The predicted molar refractivity (Wildman–Crippen MR) is 55.0 cm³/mol. The van der Waals surface area contributed by atoms with Crippen molar-refractivity contribution in [2.24, 2.45) is 5.73 Å². The summed E-state index contributed by atoms with van der Waals surface area (Å²) in [5.74, 6) is 0. The third-order valence-corrected chi connectivity index (χ3v) is 2.87. The summed E-state index contributed by atoms with van der Waals surface area (Å²) < 4.78 is 1.79. The van der Waals surface area contributed by atoms with Crippen LogP contribution in [0.2, 0.25) is 0 Å². The van der Waals surface area contributed by atoms with E-state index in [0.29, 0.717) is 6.04 Å². The maximum Gasteiger partial charge on any atom is 0.251 e. The maximum absolute atomic E-state index is 11.5. The highest BCUT2D eigenvalue weighted by Gasteiger charge is 2.20. The van der Waals surface area contributed by atoms with Gasteiger partial charge in [0, 0.05) is 24.3 Å². The van der Waals surface area contributed by atoms with Crippen LogP contribution in [-0.4, -0.2) is 10.6 Å². The number of hydrogen-bond acceptors (Lipinski definition) is 2. The second kappa shape index (κ2) is 3.96. The van der Waals surface area contributed by atoms with Crippen LogP contribution in [0.25, 0.3) is 0 Å². The first kappa shape index (κ1) is 9.46. The number of aromatic nitrogens is 1. The molecule has 0 aliphatic heterocycles. The zero-order valence-corrected chi connectivity index (χ0v) is 8.15. The first-order valence-corrected chi connectivity index (χ1v) is 5.11. The third-order valence-electron chi connectivity index (χ3n) is 2.87. The van der Waals surface area contributed by atoms with Gasteiger partial charge in [-0.3, -0.25) is 4.79 Å². The number of rotatable bonds is 1. The molecule has 1 aliphatic carbocycles. The molecule has 0 bridgehead atoms. The normalized spacial score (nSPS) is 27.5. The summed E-state index contributed by atoms with van der Waals surface area (Å²) >= 11 is 0. The van der Waals surface area contributed by atoms with E-state index in [9.17, 15) is 4.79 Å². The molecule has 14 heavy (non-hydrogen) atoms. The summed E-state index contributed by atoms with van der Waals surface area (Å²) in [6.45, 7) is 0. The van der Waals surface area contributed by atoms with Crippen LogP contribution in [0.4, 0.5) is 0 Å². The van der Waals surface area contributed by atoms with Gasteiger partial charge in [0.05, 0.1) is 0 Å². The Morgan fingerprint density at radius 3 is 3.07 bits per heavy atom. The minimum atomic E-state index is 0.0339. The van der Waals surface area contributed by atoms with Crippen LogP contribution >= 0.6 is 0 Å². The summed E-state index contributed by atoms with van der Waals surface area (Å²) in [6.07, 6.45) is 6.01. The van der Waals surface area contributed by atoms with Gasteiger partial charge in [-0.05, 0) is 37.8 Å². The van der Waals surface area contributed by atoms with Crippen LogP contribution < -0.4 is 11.3 Å². The molecule has 1 saturated carbocycles. The first-order chi connectivity index (χ1) is 6.77. The quantitative estimate of drug-likeness (QED) is 0.722. The van der Waals surface area contributed by atoms with E-state index < -0.39 is 0 Å². The highest BCUT2D eigenvalue weighted by atomic mass is 16.1. The molecular weight excluding hydrogens is 176 g/mol. The Labute approximate surface area is 83.5 Å².